The van der Waals surface area contributed by atoms with Gasteiger partial charge >= 0.3 is 0 Å². The minimum atomic E-state index is -0.887. The molecule has 34 heavy (non-hydrogen) atoms. The van der Waals surface area contributed by atoms with Gasteiger partial charge < -0.3 is 35.5 Å². The Kier molecular flexibility index (Phi) is 14.3. The fourth-order valence-electron chi connectivity index (χ4n) is 3.53. The molecule has 0 aliphatic heterocycles. The second-order valence-electron chi connectivity index (χ2n) is 9.67. The van der Waals surface area contributed by atoms with Gasteiger partial charge in [-0.25, -0.2) is 0 Å². The number of ether oxygens (including phenoxy) is 3. The second kappa shape index (κ2) is 16.1. The highest BCUT2D eigenvalue weighted by atomic mass is 16.5. The van der Waals surface area contributed by atoms with Gasteiger partial charge in [-0.15, -0.1) is 0 Å². The summed E-state index contributed by atoms with van der Waals surface area (Å²) in [7, 11) is 1.67. The van der Waals surface area contributed by atoms with Crippen LogP contribution in [0.3, 0.4) is 0 Å². The minimum Gasteiger partial charge on any atom is -0.493 e. The summed E-state index contributed by atoms with van der Waals surface area (Å²) in [6.07, 6.45) is 0.160. The lowest BCUT2D eigenvalue weighted by atomic mass is 9.87. The van der Waals surface area contributed by atoms with Crippen molar-refractivity contribution >= 4 is 5.91 Å². The molecule has 8 nitrogen and oxygen atoms in total. The first-order valence-electron chi connectivity index (χ1n) is 12.2. The molecule has 1 aromatic carbocycles. The lowest BCUT2D eigenvalue weighted by Crippen LogP contribution is -2.47. The van der Waals surface area contributed by atoms with E-state index in [4.69, 9.17) is 19.9 Å². The van der Waals surface area contributed by atoms with Gasteiger partial charge in [0.25, 0.3) is 0 Å². The van der Waals surface area contributed by atoms with Gasteiger partial charge in [0, 0.05) is 26.1 Å². The molecular weight excluding hydrogens is 436 g/mol. The van der Waals surface area contributed by atoms with Crippen LogP contribution in [-0.2, 0) is 20.9 Å². The maximum atomic E-state index is 12.8. The molecule has 0 saturated heterocycles. The Morgan fingerprint density at radius 3 is 2.44 bits per heavy atom. The van der Waals surface area contributed by atoms with Crippen LogP contribution in [0, 0.1) is 24.7 Å². The van der Waals surface area contributed by atoms with Crippen LogP contribution in [0.1, 0.15) is 51.7 Å². The van der Waals surface area contributed by atoms with E-state index >= 15 is 0 Å². The Morgan fingerprint density at radius 2 is 1.85 bits per heavy atom. The van der Waals surface area contributed by atoms with Crippen molar-refractivity contribution in [1.29, 1.82) is 0 Å². The molecule has 8 heteroatoms. The van der Waals surface area contributed by atoms with E-state index in [-0.39, 0.29) is 43.4 Å². The molecule has 196 valence electrons. The maximum absolute atomic E-state index is 12.8. The van der Waals surface area contributed by atoms with Crippen molar-refractivity contribution in [3.05, 3.63) is 29.3 Å². The molecule has 1 amide bonds. The van der Waals surface area contributed by atoms with E-state index in [1.165, 1.54) is 0 Å². The minimum absolute atomic E-state index is 0.0177. The number of hydrogen-bond donors (Lipinski definition) is 4. The van der Waals surface area contributed by atoms with Gasteiger partial charge in [-0.3, -0.25) is 4.79 Å². The summed E-state index contributed by atoms with van der Waals surface area (Å²) in [6.45, 7) is 11.4. The van der Waals surface area contributed by atoms with E-state index in [0.717, 1.165) is 23.3 Å². The van der Waals surface area contributed by atoms with E-state index in [2.05, 4.69) is 5.32 Å². The highest BCUT2D eigenvalue weighted by Gasteiger charge is 2.29. The average molecular weight is 483 g/mol. The van der Waals surface area contributed by atoms with Crippen LogP contribution in [0.4, 0.5) is 0 Å². The van der Waals surface area contributed by atoms with Gasteiger partial charge in [0.2, 0.25) is 5.91 Å². The van der Waals surface area contributed by atoms with Crippen molar-refractivity contribution in [2.45, 2.75) is 72.3 Å². The Morgan fingerprint density at radius 1 is 1.15 bits per heavy atom. The first-order valence-corrected chi connectivity index (χ1v) is 12.2. The monoisotopic (exact) mass is 482 g/mol. The maximum Gasteiger partial charge on any atom is 0.223 e. The topological polar surface area (TPSA) is 123 Å². The zero-order valence-corrected chi connectivity index (χ0v) is 21.8. The van der Waals surface area contributed by atoms with E-state index in [1.807, 2.05) is 52.8 Å². The van der Waals surface area contributed by atoms with Crippen LogP contribution < -0.4 is 15.8 Å². The van der Waals surface area contributed by atoms with Gasteiger partial charge in [0.05, 0.1) is 44.6 Å². The van der Waals surface area contributed by atoms with E-state index in [9.17, 15) is 15.0 Å². The standard InChI is InChI=1S/C26H46N2O6/c1-17(2)21(26(31)28-23(14-29)18(3)4)13-24(30)22(27)16-33-15-20-9-8-19(5)25(12-20)34-11-7-10-32-6/h8-9,12,17-18,21-24,29-30H,7,10-11,13-16,27H2,1-6H3,(H,28,31)/t21-,22-,23+,24-/m0/s1. The molecule has 0 unspecified atom stereocenters. The molecule has 0 aliphatic carbocycles. The number of amides is 1. The molecule has 0 saturated carbocycles. The zero-order valence-electron chi connectivity index (χ0n) is 21.8. The summed E-state index contributed by atoms with van der Waals surface area (Å²) < 4.78 is 16.6. The molecule has 0 aromatic heterocycles. The van der Waals surface area contributed by atoms with Gasteiger partial charge in [0.15, 0.2) is 0 Å². The predicted molar refractivity (Wildman–Crippen MR) is 134 cm³/mol. The molecule has 5 N–H and O–H groups in total. The van der Waals surface area contributed by atoms with Gasteiger partial charge in [-0.1, -0.05) is 39.8 Å². The molecule has 4 atom stereocenters. The summed E-state index contributed by atoms with van der Waals surface area (Å²) >= 11 is 0. The molecule has 0 spiro atoms. The predicted octanol–water partition coefficient (Wildman–Crippen LogP) is 2.41. The third kappa shape index (κ3) is 10.7. The van der Waals surface area contributed by atoms with Crippen LogP contribution >= 0.6 is 0 Å². The lowest BCUT2D eigenvalue weighted by molar-refractivity contribution is -0.129. The van der Waals surface area contributed by atoms with Gasteiger partial charge in [0.1, 0.15) is 5.75 Å². The number of aliphatic hydroxyl groups excluding tert-OH is 2. The quantitative estimate of drug-likeness (QED) is 0.251. The Hall–Kier alpha value is -1.71. The van der Waals surface area contributed by atoms with Crippen LogP contribution in [0.5, 0.6) is 5.75 Å². The molecule has 0 fully saturated rings. The van der Waals surface area contributed by atoms with Crippen LogP contribution in [-0.4, -0.2) is 67.8 Å². The molecule has 0 aliphatic rings. The third-order valence-corrected chi connectivity index (χ3v) is 6.04. The van der Waals surface area contributed by atoms with Crippen LogP contribution in [0.15, 0.2) is 18.2 Å². The Bertz CT molecular complexity index is 713. The normalized spacial score (nSPS) is 15.3. The lowest BCUT2D eigenvalue weighted by Gasteiger charge is -2.28. The van der Waals surface area contributed by atoms with Crippen molar-refractivity contribution in [2.75, 3.05) is 33.5 Å². The van der Waals surface area contributed by atoms with Crippen LogP contribution in [0.25, 0.3) is 0 Å². The second-order valence-corrected chi connectivity index (χ2v) is 9.67. The number of carbonyl (C=O) groups is 1. The van der Waals surface area contributed by atoms with Crippen molar-refractivity contribution in [2.24, 2.45) is 23.5 Å². The number of hydrogen-bond acceptors (Lipinski definition) is 7. The average Bonchev–Trinajstić information content (AvgIpc) is 2.79. The molecule has 1 aromatic rings. The van der Waals surface area contributed by atoms with Crippen molar-refractivity contribution in [3.63, 3.8) is 0 Å². The first-order chi connectivity index (χ1) is 16.1. The van der Waals surface area contributed by atoms with Crippen molar-refractivity contribution in [1.82, 2.24) is 5.32 Å². The number of nitrogens with two attached hydrogens (primary N) is 1. The summed E-state index contributed by atoms with van der Waals surface area (Å²) in [5.41, 5.74) is 8.17. The highest BCUT2D eigenvalue weighted by Crippen LogP contribution is 2.22. The van der Waals surface area contributed by atoms with E-state index < -0.39 is 18.1 Å². The fraction of sp³-hybridized carbons (Fsp3) is 0.731. The molecular formula is C26H46N2O6. The van der Waals surface area contributed by atoms with Gasteiger partial charge in [-0.05, 0) is 42.4 Å². The van der Waals surface area contributed by atoms with Crippen LogP contribution in [0.2, 0.25) is 0 Å². The highest BCUT2D eigenvalue weighted by molar-refractivity contribution is 5.79. The van der Waals surface area contributed by atoms with E-state index in [1.54, 1.807) is 7.11 Å². The SMILES string of the molecule is COCCCOc1cc(COC[C@H](N)[C@@H](O)C[C@H](C(=O)N[C@H](CO)C(C)C)C(C)C)ccc1C. The largest absolute Gasteiger partial charge is 0.493 e. The number of nitrogens with one attached hydrogen (secondary N) is 1. The smallest absolute Gasteiger partial charge is 0.223 e. The Balaban J connectivity index is 2.57. The number of aliphatic hydroxyl groups is 2. The third-order valence-electron chi connectivity index (χ3n) is 6.04. The number of carbonyl (C=O) groups excluding carboxylic acids is 1. The summed E-state index contributed by atoms with van der Waals surface area (Å²) in [5.74, 6) is 0.357. The Labute approximate surface area is 205 Å². The van der Waals surface area contributed by atoms with Crippen molar-refractivity contribution in [3.8, 4) is 5.75 Å². The van der Waals surface area contributed by atoms with Crippen molar-refractivity contribution < 1.29 is 29.2 Å². The summed E-state index contributed by atoms with van der Waals surface area (Å²) in [4.78, 5) is 12.8. The molecule has 0 bridgehead atoms. The number of methoxy groups -OCH3 is 1. The molecule has 0 heterocycles. The fourth-order valence-corrected chi connectivity index (χ4v) is 3.53. The van der Waals surface area contributed by atoms with E-state index in [0.29, 0.717) is 19.8 Å². The number of aryl methyl sites for hydroxylation is 1. The number of rotatable bonds is 17. The summed E-state index contributed by atoms with van der Waals surface area (Å²) in [6, 6.07) is 4.98. The zero-order chi connectivity index (χ0) is 25.7. The summed E-state index contributed by atoms with van der Waals surface area (Å²) in [5, 5.41) is 23.0. The van der Waals surface area contributed by atoms with Gasteiger partial charge in [-0.2, -0.15) is 0 Å². The number of benzene rings is 1. The molecule has 1 rings (SSSR count). The molecule has 0 radical (unpaired) electrons. The first kappa shape index (κ1) is 30.3.